The van der Waals surface area contributed by atoms with Crippen LogP contribution in [-0.4, -0.2) is 20.6 Å². The minimum absolute atomic E-state index is 0.232. The lowest BCUT2D eigenvalue weighted by Crippen LogP contribution is -1.95. The van der Waals surface area contributed by atoms with Crippen LogP contribution in [0.25, 0.3) is 5.57 Å². The van der Waals surface area contributed by atoms with Crippen LogP contribution in [0.15, 0.2) is 22.8 Å². The maximum Gasteiger partial charge on any atom is 0.216 e. The van der Waals surface area contributed by atoms with Gasteiger partial charge in [0.1, 0.15) is 11.6 Å². The predicted molar refractivity (Wildman–Crippen MR) is 75.3 cm³/mol. The van der Waals surface area contributed by atoms with Crippen LogP contribution in [0.2, 0.25) is 5.02 Å². The van der Waals surface area contributed by atoms with Gasteiger partial charge >= 0.3 is 0 Å². The molecule has 0 saturated heterocycles. The Morgan fingerprint density at radius 1 is 1.58 bits per heavy atom. The van der Waals surface area contributed by atoms with Crippen molar-refractivity contribution < 1.29 is 0 Å². The largest absolute Gasteiger partial charge is 0.360 e. The molecular formula is C11H8BrClN6. The fourth-order valence-electron chi connectivity index (χ4n) is 1.38. The van der Waals surface area contributed by atoms with Crippen molar-refractivity contribution in [1.82, 2.24) is 20.6 Å². The van der Waals surface area contributed by atoms with Crippen LogP contribution in [0.3, 0.4) is 0 Å². The molecule has 1 aromatic heterocycles. The molecule has 0 bridgehead atoms. The normalized spacial score (nSPS) is 11.2. The molecule has 0 amide bonds. The number of allylic oxidation sites excluding steroid dienone is 1. The molecule has 0 unspecified atom stereocenters. The van der Waals surface area contributed by atoms with Crippen molar-refractivity contribution in [3.05, 3.63) is 39.2 Å². The highest BCUT2D eigenvalue weighted by atomic mass is 79.9. The number of benzene rings is 1. The molecule has 0 aliphatic carbocycles. The summed E-state index contributed by atoms with van der Waals surface area (Å²) in [5, 5.41) is 25.8. The first kappa shape index (κ1) is 13.5. The van der Waals surface area contributed by atoms with Crippen molar-refractivity contribution in [2.75, 3.05) is 5.32 Å². The summed E-state index contributed by atoms with van der Waals surface area (Å²) in [5.41, 5.74) is 1.94. The molecule has 96 valence electrons. The molecule has 0 atom stereocenters. The number of aromatic amines is 1. The monoisotopic (exact) mass is 338 g/mol. The van der Waals surface area contributed by atoms with Crippen LogP contribution in [0.5, 0.6) is 0 Å². The molecule has 1 aromatic carbocycles. The Kier molecular flexibility index (Phi) is 4.14. The van der Waals surface area contributed by atoms with E-state index < -0.39 is 0 Å². The molecule has 19 heavy (non-hydrogen) atoms. The molecule has 2 rings (SSSR count). The summed E-state index contributed by atoms with van der Waals surface area (Å²) in [6.07, 6.45) is 1.51. The maximum atomic E-state index is 9.03. The van der Waals surface area contributed by atoms with Gasteiger partial charge in [-0.1, -0.05) is 11.6 Å². The Morgan fingerprint density at radius 3 is 3.00 bits per heavy atom. The summed E-state index contributed by atoms with van der Waals surface area (Å²) in [6, 6.07) is 5.67. The summed E-state index contributed by atoms with van der Waals surface area (Å²) in [5.74, 6) is 0.232. The van der Waals surface area contributed by atoms with Crippen molar-refractivity contribution in [2.45, 2.75) is 6.92 Å². The van der Waals surface area contributed by atoms with E-state index in [1.165, 1.54) is 6.20 Å². The van der Waals surface area contributed by atoms with Crippen LogP contribution in [0.4, 0.5) is 5.69 Å². The maximum absolute atomic E-state index is 9.03. The Balaban J connectivity index is 2.28. The van der Waals surface area contributed by atoms with Gasteiger partial charge in [0.15, 0.2) is 0 Å². The van der Waals surface area contributed by atoms with Gasteiger partial charge in [-0.3, -0.25) is 0 Å². The number of hydrogen-bond acceptors (Lipinski definition) is 5. The smallest absolute Gasteiger partial charge is 0.216 e. The van der Waals surface area contributed by atoms with Gasteiger partial charge < -0.3 is 5.32 Å². The highest BCUT2D eigenvalue weighted by Gasteiger charge is 2.08. The average molecular weight is 340 g/mol. The van der Waals surface area contributed by atoms with Gasteiger partial charge in [0.2, 0.25) is 5.82 Å². The van der Waals surface area contributed by atoms with E-state index in [0.29, 0.717) is 5.02 Å². The molecule has 6 nitrogen and oxygen atoms in total. The van der Waals surface area contributed by atoms with E-state index in [-0.39, 0.29) is 11.4 Å². The van der Waals surface area contributed by atoms with E-state index in [2.05, 4.69) is 41.9 Å². The SMILES string of the molecule is Cc1c(NC=C(C#N)c2nn[nH]n2)ccc(Br)c1Cl. The Morgan fingerprint density at radius 2 is 2.37 bits per heavy atom. The predicted octanol–water partition coefficient (Wildman–Crippen LogP) is 2.90. The highest BCUT2D eigenvalue weighted by Crippen LogP contribution is 2.31. The summed E-state index contributed by atoms with van der Waals surface area (Å²) < 4.78 is 0.819. The number of nitrogens with zero attached hydrogens (tertiary/aromatic N) is 4. The van der Waals surface area contributed by atoms with E-state index in [1.807, 2.05) is 25.1 Å². The Labute approximate surface area is 122 Å². The lowest BCUT2D eigenvalue weighted by atomic mass is 10.2. The molecule has 0 saturated carbocycles. The van der Waals surface area contributed by atoms with Gasteiger partial charge in [-0.15, -0.1) is 10.2 Å². The van der Waals surface area contributed by atoms with E-state index >= 15 is 0 Å². The molecular weight excluding hydrogens is 332 g/mol. The number of rotatable bonds is 3. The summed E-state index contributed by atoms with van der Waals surface area (Å²) in [7, 11) is 0. The van der Waals surface area contributed by atoms with E-state index in [9.17, 15) is 0 Å². The summed E-state index contributed by atoms with van der Waals surface area (Å²) >= 11 is 9.46. The molecule has 1 heterocycles. The molecule has 0 fully saturated rings. The number of tetrazole rings is 1. The number of halogens is 2. The Bertz CT molecular complexity index is 659. The third-order valence-electron chi connectivity index (χ3n) is 2.42. The lowest BCUT2D eigenvalue weighted by Gasteiger charge is -2.08. The second-order valence-electron chi connectivity index (χ2n) is 3.58. The third kappa shape index (κ3) is 2.92. The number of hydrogen-bond donors (Lipinski definition) is 2. The van der Waals surface area contributed by atoms with Crippen LogP contribution >= 0.6 is 27.5 Å². The quantitative estimate of drug-likeness (QED) is 0.839. The van der Waals surface area contributed by atoms with Crippen molar-refractivity contribution in [2.24, 2.45) is 0 Å². The van der Waals surface area contributed by atoms with Gasteiger partial charge in [0, 0.05) is 16.4 Å². The van der Waals surface area contributed by atoms with Crippen LogP contribution in [0.1, 0.15) is 11.4 Å². The van der Waals surface area contributed by atoms with Crippen LogP contribution in [0, 0.1) is 18.3 Å². The minimum atomic E-state index is 0.232. The molecule has 0 aliphatic heterocycles. The van der Waals surface area contributed by atoms with Crippen molar-refractivity contribution in [1.29, 1.82) is 5.26 Å². The second-order valence-corrected chi connectivity index (χ2v) is 4.82. The standard InChI is InChI=1S/C11H8BrClN6/c1-6-9(3-2-8(12)10(6)13)15-5-7(4-14)11-16-18-19-17-11/h2-3,5,15H,1H3,(H,16,17,18,19). The van der Waals surface area contributed by atoms with Crippen molar-refractivity contribution in [3.63, 3.8) is 0 Å². The zero-order chi connectivity index (χ0) is 13.8. The number of aromatic nitrogens is 4. The van der Waals surface area contributed by atoms with Gasteiger partial charge in [-0.05, 0) is 45.8 Å². The number of nitriles is 1. The molecule has 0 aliphatic rings. The third-order valence-corrected chi connectivity index (χ3v) is 3.79. The second kappa shape index (κ2) is 5.82. The minimum Gasteiger partial charge on any atom is -0.360 e. The van der Waals surface area contributed by atoms with Gasteiger partial charge in [0.25, 0.3) is 0 Å². The summed E-state index contributed by atoms with van der Waals surface area (Å²) in [4.78, 5) is 0. The fourth-order valence-corrected chi connectivity index (χ4v) is 1.98. The average Bonchev–Trinajstić information content (AvgIpc) is 2.93. The van der Waals surface area contributed by atoms with E-state index in [0.717, 1.165) is 15.7 Å². The summed E-state index contributed by atoms with van der Waals surface area (Å²) in [6.45, 7) is 1.88. The number of H-pyrrole nitrogens is 1. The molecule has 2 aromatic rings. The first-order valence-corrected chi connectivity index (χ1v) is 6.35. The number of nitrogens with one attached hydrogen (secondary N) is 2. The first-order chi connectivity index (χ1) is 9.13. The van der Waals surface area contributed by atoms with E-state index in [4.69, 9.17) is 16.9 Å². The van der Waals surface area contributed by atoms with E-state index in [1.54, 1.807) is 0 Å². The lowest BCUT2D eigenvalue weighted by molar-refractivity contribution is 0.881. The topological polar surface area (TPSA) is 90.3 Å². The molecule has 8 heteroatoms. The van der Waals surface area contributed by atoms with Crippen LogP contribution < -0.4 is 5.32 Å². The molecule has 0 spiro atoms. The van der Waals surface area contributed by atoms with Crippen LogP contribution in [-0.2, 0) is 0 Å². The van der Waals surface area contributed by atoms with Crippen molar-refractivity contribution >= 4 is 38.8 Å². The molecule has 2 N–H and O–H groups in total. The van der Waals surface area contributed by atoms with Gasteiger partial charge in [0.05, 0.1) is 5.02 Å². The fraction of sp³-hybridized carbons (Fsp3) is 0.0909. The first-order valence-electron chi connectivity index (χ1n) is 5.18. The zero-order valence-corrected chi connectivity index (χ0v) is 12.1. The Hall–Kier alpha value is -1.91. The van der Waals surface area contributed by atoms with Gasteiger partial charge in [-0.2, -0.15) is 10.5 Å². The number of anilines is 1. The van der Waals surface area contributed by atoms with Crippen molar-refractivity contribution in [3.8, 4) is 6.07 Å². The zero-order valence-electron chi connectivity index (χ0n) is 9.78. The highest BCUT2D eigenvalue weighted by molar-refractivity contribution is 9.10. The van der Waals surface area contributed by atoms with Gasteiger partial charge in [-0.25, -0.2) is 0 Å². The molecule has 0 radical (unpaired) electrons.